The lowest BCUT2D eigenvalue weighted by Gasteiger charge is -2.10. The Morgan fingerprint density at radius 3 is 2.83 bits per heavy atom. The zero-order valence-electron chi connectivity index (χ0n) is 13.9. The Bertz CT molecular complexity index is 705. The first kappa shape index (κ1) is 18.0. The molecule has 1 heterocycles. The summed E-state index contributed by atoms with van der Waals surface area (Å²) in [6.07, 6.45) is 8.57. The summed E-state index contributed by atoms with van der Waals surface area (Å²) in [7, 11) is 0. The van der Waals surface area contributed by atoms with Crippen LogP contribution >= 0.6 is 11.8 Å². The summed E-state index contributed by atoms with van der Waals surface area (Å²) in [6.45, 7) is 4.19. The van der Waals surface area contributed by atoms with Crippen molar-refractivity contribution in [2.45, 2.75) is 43.5 Å². The van der Waals surface area contributed by atoms with Gasteiger partial charge in [-0.05, 0) is 47.9 Å². The summed E-state index contributed by atoms with van der Waals surface area (Å²) in [6, 6.07) is 8.16. The monoisotopic (exact) mass is 343 g/mol. The predicted octanol–water partition coefficient (Wildman–Crippen LogP) is 2.23. The zero-order chi connectivity index (χ0) is 17.4. The summed E-state index contributed by atoms with van der Waals surface area (Å²) in [5, 5.41) is 14.6. The van der Waals surface area contributed by atoms with E-state index in [0.717, 1.165) is 12.1 Å². The number of aryl methyl sites for hydroxylation is 1. The van der Waals surface area contributed by atoms with E-state index in [9.17, 15) is 4.79 Å². The molecule has 0 bridgehead atoms. The molecule has 1 N–H and O–H groups in total. The van der Waals surface area contributed by atoms with E-state index in [1.54, 1.807) is 11.6 Å². The maximum absolute atomic E-state index is 11.9. The Morgan fingerprint density at radius 1 is 1.42 bits per heavy atom. The maximum atomic E-state index is 11.9. The normalized spacial score (nSPS) is 11.7. The Labute approximate surface area is 146 Å². The van der Waals surface area contributed by atoms with E-state index in [2.05, 4.69) is 45.8 Å². The smallest absolute Gasteiger partial charge is 0.234 e. The summed E-state index contributed by atoms with van der Waals surface area (Å²) in [5.74, 6) is 2.25. The lowest BCUT2D eigenvalue weighted by atomic mass is 10.1. The van der Waals surface area contributed by atoms with Crippen molar-refractivity contribution in [3.63, 3.8) is 0 Å². The van der Waals surface area contributed by atoms with Crippen molar-refractivity contribution in [3.8, 4) is 18.0 Å². The second kappa shape index (κ2) is 9.08. The molecule has 126 valence electrons. The molecule has 0 radical (unpaired) electrons. The minimum absolute atomic E-state index is 0.137. The van der Waals surface area contributed by atoms with Crippen LogP contribution in [0.3, 0.4) is 0 Å². The van der Waals surface area contributed by atoms with Crippen LogP contribution < -0.4 is 5.32 Å². The van der Waals surface area contributed by atoms with Gasteiger partial charge in [-0.25, -0.2) is 0 Å². The van der Waals surface area contributed by atoms with E-state index in [0.29, 0.717) is 5.16 Å². The first-order valence-electron chi connectivity index (χ1n) is 7.91. The minimum Gasteiger partial charge on any atom is -0.344 e. The van der Waals surface area contributed by atoms with E-state index >= 15 is 0 Å². The van der Waals surface area contributed by atoms with Gasteiger partial charge >= 0.3 is 0 Å². The van der Waals surface area contributed by atoms with Crippen LogP contribution in [-0.4, -0.2) is 37.9 Å². The number of nitrogens with zero attached hydrogens (tertiary/aromatic N) is 4. The fourth-order valence-corrected chi connectivity index (χ4v) is 2.92. The number of carbonyl (C=O) groups excluding carboxylic acids is 1. The molecule has 1 atom stereocenters. The van der Waals surface area contributed by atoms with Crippen LogP contribution in [-0.2, 0) is 11.2 Å². The average Bonchev–Trinajstić information content (AvgIpc) is 3.06. The minimum atomic E-state index is -0.341. The van der Waals surface area contributed by atoms with Gasteiger partial charge in [0, 0.05) is 0 Å². The van der Waals surface area contributed by atoms with Gasteiger partial charge < -0.3 is 5.32 Å². The number of unbranched alkanes of at least 4 members (excludes halogenated alkanes) is 1. The third kappa shape index (κ3) is 4.83. The number of nitrogens with one attached hydrogen (secondary N) is 1. The van der Waals surface area contributed by atoms with Crippen LogP contribution in [0.1, 0.15) is 32.3 Å². The molecule has 1 amide bonds. The van der Waals surface area contributed by atoms with Gasteiger partial charge in [-0.2, -0.15) is 4.68 Å². The van der Waals surface area contributed by atoms with Crippen molar-refractivity contribution in [2.24, 2.45) is 0 Å². The first-order chi connectivity index (χ1) is 11.7. The largest absolute Gasteiger partial charge is 0.344 e. The summed E-state index contributed by atoms with van der Waals surface area (Å²) in [5.41, 5.74) is 2.17. The van der Waals surface area contributed by atoms with E-state index in [1.165, 1.54) is 30.2 Å². The van der Waals surface area contributed by atoms with Crippen molar-refractivity contribution in [1.82, 2.24) is 25.5 Å². The second-order valence-corrected chi connectivity index (χ2v) is 6.63. The molecule has 6 nitrogen and oxygen atoms in total. The van der Waals surface area contributed by atoms with Crippen molar-refractivity contribution in [1.29, 1.82) is 0 Å². The van der Waals surface area contributed by atoms with E-state index < -0.39 is 0 Å². The Balaban J connectivity index is 2.07. The summed E-state index contributed by atoms with van der Waals surface area (Å²) in [4.78, 5) is 11.9. The van der Waals surface area contributed by atoms with Gasteiger partial charge in [-0.15, -0.1) is 11.5 Å². The number of rotatable bonds is 8. The second-order valence-electron chi connectivity index (χ2n) is 5.33. The molecular weight excluding hydrogens is 322 g/mol. The molecule has 1 aromatic heterocycles. The molecule has 7 heteroatoms. The topological polar surface area (TPSA) is 72.7 Å². The van der Waals surface area contributed by atoms with Crippen LogP contribution in [0.4, 0.5) is 0 Å². The first-order valence-corrected chi connectivity index (χ1v) is 8.79. The molecule has 0 saturated carbocycles. The van der Waals surface area contributed by atoms with Gasteiger partial charge in [0.1, 0.15) is 0 Å². The number of aromatic nitrogens is 4. The van der Waals surface area contributed by atoms with Crippen molar-refractivity contribution >= 4 is 17.7 Å². The molecule has 0 aliphatic heterocycles. The highest BCUT2D eigenvalue weighted by Gasteiger charge is 2.18. The molecule has 0 saturated heterocycles. The third-order valence-corrected chi connectivity index (χ3v) is 4.49. The number of thioether (sulfide) groups is 1. The van der Waals surface area contributed by atoms with Gasteiger partial charge in [0.25, 0.3) is 0 Å². The fraction of sp³-hybridized carbons (Fsp3) is 0.412. The number of terminal acetylenes is 1. The van der Waals surface area contributed by atoms with Crippen LogP contribution in [0.25, 0.3) is 5.69 Å². The van der Waals surface area contributed by atoms with Gasteiger partial charge in [0.05, 0.1) is 17.5 Å². The van der Waals surface area contributed by atoms with Crippen molar-refractivity contribution in [3.05, 3.63) is 29.8 Å². The molecule has 0 spiro atoms. The molecule has 2 aromatic rings. The summed E-state index contributed by atoms with van der Waals surface area (Å²) >= 11 is 1.29. The molecule has 2 rings (SSSR count). The van der Waals surface area contributed by atoms with Crippen LogP contribution in [0, 0.1) is 12.3 Å². The van der Waals surface area contributed by atoms with E-state index in [4.69, 9.17) is 6.42 Å². The van der Waals surface area contributed by atoms with Gasteiger partial charge in [-0.3, -0.25) is 4.79 Å². The summed E-state index contributed by atoms with van der Waals surface area (Å²) < 4.78 is 1.64. The van der Waals surface area contributed by atoms with Crippen molar-refractivity contribution in [2.75, 3.05) is 6.54 Å². The SMILES string of the molecule is C#CCNC(=O)C(C)Sc1nnnn1-c1ccc(CCCC)cc1. The lowest BCUT2D eigenvalue weighted by Crippen LogP contribution is -2.31. The predicted molar refractivity (Wildman–Crippen MR) is 94.9 cm³/mol. The highest BCUT2D eigenvalue weighted by molar-refractivity contribution is 8.00. The highest BCUT2D eigenvalue weighted by atomic mass is 32.2. The van der Waals surface area contributed by atoms with Gasteiger partial charge in [0.15, 0.2) is 0 Å². The van der Waals surface area contributed by atoms with Crippen LogP contribution in [0.5, 0.6) is 0 Å². The Morgan fingerprint density at radius 2 is 2.17 bits per heavy atom. The molecule has 1 aromatic carbocycles. The third-order valence-electron chi connectivity index (χ3n) is 3.46. The number of hydrogen-bond donors (Lipinski definition) is 1. The molecular formula is C17H21N5OS. The van der Waals surface area contributed by atoms with E-state index in [1.807, 2.05) is 12.1 Å². The number of carbonyl (C=O) groups is 1. The maximum Gasteiger partial charge on any atom is 0.234 e. The lowest BCUT2D eigenvalue weighted by molar-refractivity contribution is -0.120. The average molecular weight is 343 g/mol. The molecule has 0 fully saturated rings. The highest BCUT2D eigenvalue weighted by Crippen LogP contribution is 2.23. The van der Waals surface area contributed by atoms with Gasteiger partial charge in [0.2, 0.25) is 11.1 Å². The molecule has 1 unspecified atom stereocenters. The molecule has 0 aliphatic rings. The molecule has 24 heavy (non-hydrogen) atoms. The number of tetrazole rings is 1. The quantitative estimate of drug-likeness (QED) is 0.588. The number of hydrogen-bond acceptors (Lipinski definition) is 5. The Hall–Kier alpha value is -2.33. The van der Waals surface area contributed by atoms with Crippen LogP contribution in [0.2, 0.25) is 0 Å². The fourth-order valence-electron chi connectivity index (χ4n) is 2.09. The number of amides is 1. The molecule has 0 aliphatic carbocycles. The van der Waals surface area contributed by atoms with Crippen molar-refractivity contribution < 1.29 is 4.79 Å². The standard InChI is InChI=1S/C17H21N5OS/c1-4-6-7-14-8-10-15(11-9-14)22-17(19-20-21-22)24-13(3)16(23)18-12-5-2/h2,8-11,13H,4,6-7,12H2,1,3H3,(H,18,23). The van der Waals surface area contributed by atoms with Crippen LogP contribution in [0.15, 0.2) is 29.4 Å². The number of benzene rings is 1. The van der Waals surface area contributed by atoms with E-state index in [-0.39, 0.29) is 17.7 Å². The van der Waals surface area contributed by atoms with Gasteiger partial charge in [-0.1, -0.05) is 43.2 Å². The zero-order valence-corrected chi connectivity index (χ0v) is 14.7. The Kier molecular flexibility index (Phi) is 6.82.